The highest BCUT2D eigenvalue weighted by Gasteiger charge is 2.10. The molecule has 1 aromatic carbocycles. The van der Waals surface area contributed by atoms with E-state index in [1.807, 2.05) is 36.7 Å². The summed E-state index contributed by atoms with van der Waals surface area (Å²) in [5.41, 5.74) is 2.97. The molecule has 0 N–H and O–H groups in total. The molecule has 0 bridgehead atoms. The molecule has 3 heterocycles. The van der Waals surface area contributed by atoms with E-state index in [0.717, 1.165) is 33.2 Å². The summed E-state index contributed by atoms with van der Waals surface area (Å²) in [4.78, 5) is 8.96. The van der Waals surface area contributed by atoms with Crippen molar-refractivity contribution < 1.29 is 4.74 Å². The van der Waals surface area contributed by atoms with Gasteiger partial charge < -0.3 is 4.74 Å². The summed E-state index contributed by atoms with van der Waals surface area (Å²) in [6, 6.07) is 10.00. The van der Waals surface area contributed by atoms with Gasteiger partial charge in [-0.2, -0.15) is 0 Å². The number of aromatic nitrogens is 3. The Kier molecular flexibility index (Phi) is 2.00. The van der Waals surface area contributed by atoms with E-state index in [0.29, 0.717) is 0 Å². The lowest BCUT2D eigenvalue weighted by atomic mass is 10.1. The molecule has 92 valence electrons. The van der Waals surface area contributed by atoms with E-state index in [-0.39, 0.29) is 0 Å². The third-order valence-electron chi connectivity index (χ3n) is 3.41. The zero-order valence-electron chi connectivity index (χ0n) is 10.4. The smallest absolute Gasteiger partial charge is 0.145 e. The number of imidazole rings is 1. The van der Waals surface area contributed by atoms with Crippen molar-refractivity contribution in [2.45, 2.75) is 0 Å². The van der Waals surface area contributed by atoms with Gasteiger partial charge in [0.05, 0.1) is 18.1 Å². The lowest BCUT2D eigenvalue weighted by Crippen LogP contribution is -1.92. The van der Waals surface area contributed by atoms with Gasteiger partial charge in [-0.3, -0.25) is 9.38 Å². The highest BCUT2D eigenvalue weighted by Crippen LogP contribution is 2.29. The molecule has 0 aliphatic carbocycles. The third-order valence-corrected chi connectivity index (χ3v) is 3.41. The second-order valence-electron chi connectivity index (χ2n) is 4.40. The molecule has 0 fully saturated rings. The first-order valence-electron chi connectivity index (χ1n) is 6.06. The van der Waals surface area contributed by atoms with Crippen LogP contribution in [0.3, 0.4) is 0 Å². The molecule has 0 radical (unpaired) electrons. The number of hydrogen-bond donors (Lipinski definition) is 0. The molecule has 19 heavy (non-hydrogen) atoms. The fraction of sp³-hybridized carbons (Fsp3) is 0.0667. The number of fused-ring (bicyclic) bond motifs is 6. The molecular weight excluding hydrogens is 238 g/mol. The number of nitrogens with zero attached hydrogens (tertiary/aromatic N) is 3. The van der Waals surface area contributed by atoms with Crippen LogP contribution in [-0.4, -0.2) is 21.5 Å². The molecule has 0 aliphatic rings. The van der Waals surface area contributed by atoms with Crippen LogP contribution < -0.4 is 4.74 Å². The summed E-state index contributed by atoms with van der Waals surface area (Å²) < 4.78 is 7.36. The highest BCUT2D eigenvalue weighted by molar-refractivity contribution is 6.10. The quantitative estimate of drug-likeness (QED) is 0.487. The minimum Gasteiger partial charge on any atom is -0.497 e. The fourth-order valence-corrected chi connectivity index (χ4v) is 2.54. The van der Waals surface area contributed by atoms with Crippen LogP contribution in [-0.2, 0) is 0 Å². The Bertz CT molecular complexity index is 911. The zero-order chi connectivity index (χ0) is 12.8. The highest BCUT2D eigenvalue weighted by atomic mass is 16.5. The van der Waals surface area contributed by atoms with Gasteiger partial charge in [0, 0.05) is 29.4 Å². The van der Waals surface area contributed by atoms with Gasteiger partial charge >= 0.3 is 0 Å². The summed E-state index contributed by atoms with van der Waals surface area (Å²) >= 11 is 0. The Morgan fingerprint density at radius 3 is 2.89 bits per heavy atom. The van der Waals surface area contributed by atoms with Crippen molar-refractivity contribution in [1.82, 2.24) is 14.4 Å². The number of methoxy groups -OCH3 is 1. The maximum atomic E-state index is 5.30. The normalized spacial score (nSPS) is 11.4. The van der Waals surface area contributed by atoms with Crippen molar-refractivity contribution in [1.29, 1.82) is 0 Å². The molecule has 0 spiro atoms. The van der Waals surface area contributed by atoms with Crippen LogP contribution in [0.25, 0.3) is 27.5 Å². The Hall–Kier alpha value is -2.62. The lowest BCUT2D eigenvalue weighted by molar-refractivity contribution is 0.415. The van der Waals surface area contributed by atoms with Crippen LogP contribution >= 0.6 is 0 Å². The average Bonchev–Trinajstić information content (AvgIpc) is 2.97. The molecule has 4 nitrogen and oxygen atoms in total. The number of pyridine rings is 2. The summed E-state index contributed by atoms with van der Waals surface area (Å²) in [6.45, 7) is 0. The van der Waals surface area contributed by atoms with Crippen molar-refractivity contribution >= 4 is 27.5 Å². The first-order chi connectivity index (χ1) is 9.38. The van der Waals surface area contributed by atoms with Crippen LogP contribution in [0.15, 0.2) is 48.9 Å². The monoisotopic (exact) mass is 249 g/mol. The summed E-state index contributed by atoms with van der Waals surface area (Å²) in [5, 5.41) is 2.14. The van der Waals surface area contributed by atoms with E-state index in [2.05, 4.69) is 20.4 Å². The molecule has 0 unspecified atom stereocenters. The molecule has 0 saturated carbocycles. The van der Waals surface area contributed by atoms with Gasteiger partial charge in [0.15, 0.2) is 0 Å². The first-order valence-corrected chi connectivity index (χ1v) is 6.06. The first kappa shape index (κ1) is 10.3. The summed E-state index contributed by atoms with van der Waals surface area (Å²) in [6.07, 6.45) is 5.58. The van der Waals surface area contributed by atoms with E-state index in [1.165, 1.54) is 0 Å². The number of rotatable bonds is 1. The summed E-state index contributed by atoms with van der Waals surface area (Å²) in [7, 11) is 1.67. The zero-order valence-corrected chi connectivity index (χ0v) is 10.4. The van der Waals surface area contributed by atoms with Gasteiger partial charge in [-0.1, -0.05) is 0 Å². The molecule has 4 heteroatoms. The van der Waals surface area contributed by atoms with E-state index < -0.39 is 0 Å². The molecule has 4 rings (SSSR count). The van der Waals surface area contributed by atoms with Crippen molar-refractivity contribution in [3.63, 3.8) is 0 Å². The molecule has 0 atom stereocenters. The van der Waals surface area contributed by atoms with E-state index >= 15 is 0 Å². The minimum absolute atomic E-state index is 0.827. The molecule has 3 aromatic heterocycles. The number of hydrogen-bond acceptors (Lipinski definition) is 3. The van der Waals surface area contributed by atoms with Crippen LogP contribution in [0.4, 0.5) is 0 Å². The Morgan fingerprint density at radius 1 is 1.05 bits per heavy atom. The van der Waals surface area contributed by atoms with Crippen LogP contribution in [0.5, 0.6) is 5.75 Å². The van der Waals surface area contributed by atoms with Crippen molar-refractivity contribution in [2.24, 2.45) is 0 Å². The Morgan fingerprint density at radius 2 is 2.00 bits per heavy atom. The van der Waals surface area contributed by atoms with Crippen molar-refractivity contribution in [2.75, 3.05) is 7.11 Å². The summed E-state index contributed by atoms with van der Waals surface area (Å²) in [5.74, 6) is 0.827. The molecule has 4 aromatic rings. The van der Waals surface area contributed by atoms with E-state index in [4.69, 9.17) is 4.74 Å². The standard InChI is InChI=1S/C15H11N3O/c1-19-10-4-5-11-12(9-10)15-17-7-8-18(15)13-3-2-6-16-14(11)13/h2-9H,1H3. The minimum atomic E-state index is 0.827. The predicted molar refractivity (Wildman–Crippen MR) is 74.6 cm³/mol. The largest absolute Gasteiger partial charge is 0.497 e. The van der Waals surface area contributed by atoms with Crippen molar-refractivity contribution in [3.05, 3.63) is 48.9 Å². The van der Waals surface area contributed by atoms with Crippen LogP contribution in [0.2, 0.25) is 0 Å². The van der Waals surface area contributed by atoms with Crippen LogP contribution in [0, 0.1) is 0 Å². The predicted octanol–water partition coefficient (Wildman–Crippen LogP) is 3.04. The topological polar surface area (TPSA) is 39.4 Å². The number of benzene rings is 1. The molecule has 0 saturated heterocycles. The Labute approximate surface area is 109 Å². The molecular formula is C15H11N3O. The van der Waals surface area contributed by atoms with Gasteiger partial charge in [-0.05, 0) is 30.3 Å². The van der Waals surface area contributed by atoms with Gasteiger partial charge in [-0.25, -0.2) is 4.98 Å². The SMILES string of the molecule is COc1ccc2c(c1)c1nccn1c1cccnc21. The van der Waals surface area contributed by atoms with Crippen molar-refractivity contribution in [3.8, 4) is 5.75 Å². The fourth-order valence-electron chi connectivity index (χ4n) is 2.54. The number of ether oxygens (including phenoxy) is 1. The third kappa shape index (κ3) is 1.34. The van der Waals surface area contributed by atoms with Gasteiger partial charge in [-0.15, -0.1) is 0 Å². The van der Waals surface area contributed by atoms with Gasteiger partial charge in [0.25, 0.3) is 0 Å². The van der Waals surface area contributed by atoms with Gasteiger partial charge in [0.1, 0.15) is 11.4 Å². The molecule has 0 aliphatic heterocycles. The van der Waals surface area contributed by atoms with E-state index in [1.54, 1.807) is 13.3 Å². The lowest BCUT2D eigenvalue weighted by Gasteiger charge is -2.08. The maximum Gasteiger partial charge on any atom is 0.145 e. The average molecular weight is 249 g/mol. The second-order valence-corrected chi connectivity index (χ2v) is 4.40. The van der Waals surface area contributed by atoms with Crippen LogP contribution in [0.1, 0.15) is 0 Å². The van der Waals surface area contributed by atoms with E-state index in [9.17, 15) is 0 Å². The van der Waals surface area contributed by atoms with Gasteiger partial charge in [0.2, 0.25) is 0 Å². The maximum absolute atomic E-state index is 5.30. The second kappa shape index (κ2) is 3.68. The molecule has 0 amide bonds. The Balaban J connectivity index is 2.34.